The van der Waals surface area contributed by atoms with Crippen molar-refractivity contribution in [3.8, 4) is 0 Å². The first kappa shape index (κ1) is 13.7. The number of rotatable bonds is 4. The summed E-state index contributed by atoms with van der Waals surface area (Å²) in [5, 5.41) is 5.27. The molecule has 0 aliphatic heterocycles. The lowest BCUT2D eigenvalue weighted by Gasteiger charge is -2.16. The van der Waals surface area contributed by atoms with Gasteiger partial charge in [-0.25, -0.2) is 0 Å². The molecule has 0 radical (unpaired) electrons. The van der Waals surface area contributed by atoms with Crippen LogP contribution < -0.4 is 0 Å². The maximum absolute atomic E-state index is 6.04. The summed E-state index contributed by atoms with van der Waals surface area (Å²) in [5.74, 6) is 0.570. The van der Waals surface area contributed by atoms with Gasteiger partial charge >= 0.3 is 0 Å². The van der Waals surface area contributed by atoms with E-state index in [2.05, 4.69) is 5.16 Å². The van der Waals surface area contributed by atoms with Crippen LogP contribution in [0.3, 0.4) is 0 Å². The number of hydrogen-bond acceptors (Lipinski definition) is 2. The minimum atomic E-state index is 0.321. The Labute approximate surface area is 118 Å². The predicted molar refractivity (Wildman–Crippen MR) is 76.3 cm³/mol. The Morgan fingerprint density at radius 2 is 1.83 bits per heavy atom. The second-order valence-electron chi connectivity index (χ2n) is 4.63. The summed E-state index contributed by atoms with van der Waals surface area (Å²) in [6.07, 6.45) is 8.31. The summed E-state index contributed by atoms with van der Waals surface area (Å²) in [6.45, 7) is 0.321. The van der Waals surface area contributed by atoms with Gasteiger partial charge in [0.15, 0.2) is 0 Å². The first-order valence-corrected chi connectivity index (χ1v) is 7.11. The van der Waals surface area contributed by atoms with E-state index < -0.39 is 0 Å². The molecule has 98 valence electrons. The van der Waals surface area contributed by atoms with Gasteiger partial charge in [-0.1, -0.05) is 53.7 Å². The Morgan fingerprint density at radius 1 is 1.17 bits per heavy atom. The van der Waals surface area contributed by atoms with E-state index in [4.69, 9.17) is 28.0 Å². The average Bonchev–Trinajstić information content (AvgIpc) is 2.38. The minimum Gasteiger partial charge on any atom is -0.391 e. The normalized spacial score (nSPS) is 17.2. The molecule has 1 saturated carbocycles. The molecule has 1 aliphatic rings. The molecular formula is C14H17Cl2NO. The summed E-state index contributed by atoms with van der Waals surface area (Å²) in [7, 11) is 0. The van der Waals surface area contributed by atoms with E-state index in [-0.39, 0.29) is 0 Å². The second-order valence-corrected chi connectivity index (χ2v) is 5.44. The van der Waals surface area contributed by atoms with Crippen LogP contribution in [0.5, 0.6) is 0 Å². The zero-order chi connectivity index (χ0) is 12.8. The molecule has 1 fully saturated rings. The molecule has 2 rings (SSSR count). The average molecular weight is 286 g/mol. The van der Waals surface area contributed by atoms with Crippen LogP contribution in [0.4, 0.5) is 0 Å². The van der Waals surface area contributed by atoms with Crippen LogP contribution in [0.15, 0.2) is 23.4 Å². The lowest BCUT2D eigenvalue weighted by atomic mass is 9.90. The number of nitrogens with zero attached hydrogens (tertiary/aromatic N) is 1. The van der Waals surface area contributed by atoms with E-state index >= 15 is 0 Å². The first-order valence-electron chi connectivity index (χ1n) is 6.35. The summed E-state index contributed by atoms with van der Waals surface area (Å²) >= 11 is 12.1. The number of benzene rings is 1. The molecule has 18 heavy (non-hydrogen) atoms. The quantitative estimate of drug-likeness (QED) is 0.559. The Kier molecular flexibility index (Phi) is 5.33. The molecule has 1 aromatic rings. The third-order valence-corrected chi connectivity index (χ3v) is 3.97. The van der Waals surface area contributed by atoms with Gasteiger partial charge in [0.05, 0.1) is 0 Å². The monoisotopic (exact) mass is 285 g/mol. The fraction of sp³-hybridized carbons (Fsp3) is 0.500. The lowest BCUT2D eigenvalue weighted by Crippen LogP contribution is -2.07. The van der Waals surface area contributed by atoms with Crippen LogP contribution in [0, 0.1) is 5.92 Å². The van der Waals surface area contributed by atoms with Gasteiger partial charge in [-0.15, -0.1) is 0 Å². The summed E-state index contributed by atoms with van der Waals surface area (Å²) in [4.78, 5) is 5.28. The molecule has 0 atom stereocenters. The molecule has 0 bridgehead atoms. The maximum atomic E-state index is 6.04. The summed E-state index contributed by atoms with van der Waals surface area (Å²) in [6, 6.07) is 5.42. The SMILES string of the molecule is Clc1cccc(Cl)c1CO/N=C/C1CCCCC1. The van der Waals surface area contributed by atoms with Crippen molar-refractivity contribution in [1.82, 2.24) is 0 Å². The van der Waals surface area contributed by atoms with Gasteiger partial charge < -0.3 is 4.84 Å². The first-order chi connectivity index (χ1) is 8.77. The molecular weight excluding hydrogens is 269 g/mol. The van der Waals surface area contributed by atoms with Gasteiger partial charge in [-0.05, 0) is 30.9 Å². The predicted octanol–water partition coefficient (Wildman–Crippen LogP) is 5.08. The summed E-state index contributed by atoms with van der Waals surface area (Å²) in [5.41, 5.74) is 0.793. The molecule has 0 heterocycles. The molecule has 0 amide bonds. The number of hydrogen-bond donors (Lipinski definition) is 0. The molecule has 0 N–H and O–H groups in total. The zero-order valence-electron chi connectivity index (χ0n) is 10.2. The molecule has 0 unspecified atom stereocenters. The highest BCUT2D eigenvalue weighted by Crippen LogP contribution is 2.25. The van der Waals surface area contributed by atoms with Gasteiger partial charge in [-0.2, -0.15) is 0 Å². The smallest absolute Gasteiger partial charge is 0.145 e. The second kappa shape index (κ2) is 7.01. The van der Waals surface area contributed by atoms with Crippen molar-refractivity contribution < 1.29 is 4.84 Å². The van der Waals surface area contributed by atoms with Gasteiger partial charge in [0, 0.05) is 21.8 Å². The molecule has 0 aromatic heterocycles. The largest absolute Gasteiger partial charge is 0.391 e. The highest BCUT2D eigenvalue weighted by molar-refractivity contribution is 6.35. The molecule has 1 aromatic carbocycles. The van der Waals surface area contributed by atoms with Crippen LogP contribution in [0.2, 0.25) is 10.0 Å². The topological polar surface area (TPSA) is 21.6 Å². The van der Waals surface area contributed by atoms with E-state index in [1.807, 2.05) is 12.3 Å². The van der Waals surface area contributed by atoms with Crippen LogP contribution >= 0.6 is 23.2 Å². The minimum absolute atomic E-state index is 0.321. The highest BCUT2D eigenvalue weighted by Gasteiger charge is 2.11. The van der Waals surface area contributed by atoms with E-state index in [9.17, 15) is 0 Å². The number of halogens is 2. The van der Waals surface area contributed by atoms with Crippen molar-refractivity contribution >= 4 is 29.4 Å². The third kappa shape index (κ3) is 3.89. The van der Waals surface area contributed by atoms with Gasteiger partial charge in [0.2, 0.25) is 0 Å². The van der Waals surface area contributed by atoms with Crippen molar-refractivity contribution in [3.05, 3.63) is 33.8 Å². The molecule has 0 saturated heterocycles. The molecule has 2 nitrogen and oxygen atoms in total. The van der Waals surface area contributed by atoms with E-state index in [0.717, 1.165) is 5.56 Å². The van der Waals surface area contributed by atoms with Crippen molar-refractivity contribution in [2.45, 2.75) is 38.7 Å². The fourth-order valence-corrected chi connectivity index (χ4v) is 2.69. The van der Waals surface area contributed by atoms with Crippen molar-refractivity contribution in [2.75, 3.05) is 0 Å². The van der Waals surface area contributed by atoms with Gasteiger partial charge in [0.1, 0.15) is 6.61 Å². The van der Waals surface area contributed by atoms with Crippen LogP contribution in [0.1, 0.15) is 37.7 Å². The Hall–Kier alpha value is -0.730. The Morgan fingerprint density at radius 3 is 2.50 bits per heavy atom. The van der Waals surface area contributed by atoms with E-state index in [1.165, 1.54) is 32.1 Å². The maximum Gasteiger partial charge on any atom is 0.145 e. The molecule has 4 heteroatoms. The molecule has 1 aliphatic carbocycles. The molecule has 0 spiro atoms. The fourth-order valence-electron chi connectivity index (χ4n) is 2.18. The summed E-state index contributed by atoms with van der Waals surface area (Å²) < 4.78 is 0. The van der Waals surface area contributed by atoms with Crippen LogP contribution in [-0.4, -0.2) is 6.21 Å². The van der Waals surface area contributed by atoms with Gasteiger partial charge in [0.25, 0.3) is 0 Å². The van der Waals surface area contributed by atoms with Crippen molar-refractivity contribution in [2.24, 2.45) is 11.1 Å². The van der Waals surface area contributed by atoms with Crippen molar-refractivity contribution in [3.63, 3.8) is 0 Å². The van der Waals surface area contributed by atoms with Crippen LogP contribution in [-0.2, 0) is 11.4 Å². The Bertz CT molecular complexity index is 394. The van der Waals surface area contributed by atoms with E-state index in [0.29, 0.717) is 22.6 Å². The zero-order valence-corrected chi connectivity index (χ0v) is 11.8. The Balaban J connectivity index is 1.82. The van der Waals surface area contributed by atoms with Crippen molar-refractivity contribution in [1.29, 1.82) is 0 Å². The standard InChI is InChI=1S/C14H17Cl2NO/c15-13-7-4-8-14(16)12(13)10-18-17-9-11-5-2-1-3-6-11/h4,7-9,11H,1-3,5-6,10H2/b17-9+. The van der Waals surface area contributed by atoms with E-state index in [1.54, 1.807) is 12.1 Å². The highest BCUT2D eigenvalue weighted by atomic mass is 35.5. The van der Waals surface area contributed by atoms with Crippen LogP contribution in [0.25, 0.3) is 0 Å². The lowest BCUT2D eigenvalue weighted by molar-refractivity contribution is 0.130. The third-order valence-electron chi connectivity index (χ3n) is 3.27. The number of oxime groups is 1. The van der Waals surface area contributed by atoms with Gasteiger partial charge in [-0.3, -0.25) is 0 Å².